The van der Waals surface area contributed by atoms with E-state index in [2.05, 4.69) is 51.8 Å². The molecule has 0 saturated carbocycles. The molecule has 0 fully saturated rings. The molecular formula is C8H10Br2S. The van der Waals surface area contributed by atoms with Crippen molar-refractivity contribution in [2.75, 3.05) is 0 Å². The average molecular weight is 298 g/mol. The van der Waals surface area contributed by atoms with Crippen LogP contribution in [0.4, 0.5) is 0 Å². The maximum atomic E-state index is 3.63. The van der Waals surface area contributed by atoms with E-state index in [4.69, 9.17) is 0 Å². The van der Waals surface area contributed by atoms with Crippen molar-refractivity contribution in [3.8, 4) is 0 Å². The maximum absolute atomic E-state index is 3.63. The van der Waals surface area contributed by atoms with Crippen molar-refractivity contribution in [2.24, 2.45) is 0 Å². The van der Waals surface area contributed by atoms with E-state index in [1.54, 1.807) is 0 Å². The van der Waals surface area contributed by atoms with Crippen LogP contribution in [0.2, 0.25) is 0 Å². The van der Waals surface area contributed by atoms with Crippen molar-refractivity contribution in [3.05, 3.63) is 20.3 Å². The lowest BCUT2D eigenvalue weighted by Gasteiger charge is -2.02. The van der Waals surface area contributed by atoms with E-state index in [0.29, 0.717) is 4.83 Å². The largest absolute Gasteiger partial charge is 0.143 e. The minimum Gasteiger partial charge on any atom is -0.143 e. The highest BCUT2D eigenvalue weighted by Gasteiger charge is 2.11. The average Bonchev–Trinajstić information content (AvgIpc) is 2.28. The third kappa shape index (κ3) is 2.30. The number of hydrogen-bond donors (Lipinski definition) is 0. The predicted molar refractivity (Wildman–Crippen MR) is 58.7 cm³/mol. The molecule has 0 aromatic carbocycles. The molecule has 0 N–H and O–H groups in total. The smallest absolute Gasteiger partial charge is 0.0498 e. The van der Waals surface area contributed by atoms with E-state index in [1.165, 1.54) is 14.2 Å². The van der Waals surface area contributed by atoms with Crippen LogP contribution in [-0.2, 0) is 0 Å². The van der Waals surface area contributed by atoms with Gasteiger partial charge in [0.1, 0.15) is 0 Å². The van der Waals surface area contributed by atoms with Crippen LogP contribution < -0.4 is 0 Å². The fourth-order valence-corrected chi connectivity index (χ4v) is 3.72. The highest BCUT2D eigenvalue weighted by atomic mass is 79.9. The fraction of sp³-hybridized carbons (Fsp3) is 0.500. The van der Waals surface area contributed by atoms with Crippen molar-refractivity contribution in [2.45, 2.75) is 25.1 Å². The second-order valence-corrected chi connectivity index (χ2v) is 5.69. The zero-order valence-corrected chi connectivity index (χ0v) is 10.5. The van der Waals surface area contributed by atoms with Crippen molar-refractivity contribution in [3.63, 3.8) is 0 Å². The van der Waals surface area contributed by atoms with E-state index in [-0.39, 0.29) is 0 Å². The Hall–Kier alpha value is 0.660. The summed E-state index contributed by atoms with van der Waals surface area (Å²) >= 11 is 9.02. The molecule has 0 radical (unpaired) electrons. The van der Waals surface area contributed by atoms with E-state index in [1.807, 2.05) is 11.3 Å². The first-order chi connectivity index (χ1) is 5.15. The summed E-state index contributed by atoms with van der Waals surface area (Å²) in [7, 11) is 0. The van der Waals surface area contributed by atoms with Crippen LogP contribution in [0.15, 0.2) is 10.5 Å². The van der Waals surface area contributed by atoms with Crippen LogP contribution in [0.3, 0.4) is 0 Å². The summed E-state index contributed by atoms with van der Waals surface area (Å²) in [6.07, 6.45) is 1.14. The summed E-state index contributed by atoms with van der Waals surface area (Å²) in [4.78, 5) is 3.28. The first kappa shape index (κ1) is 9.75. The lowest BCUT2D eigenvalue weighted by Crippen LogP contribution is -1.81. The molecule has 0 amide bonds. The summed E-state index contributed by atoms with van der Waals surface area (Å²) in [5, 5.41) is 0. The number of alkyl halides is 1. The van der Waals surface area contributed by atoms with Gasteiger partial charge in [0.2, 0.25) is 0 Å². The molecule has 1 heterocycles. The molecule has 1 rings (SSSR count). The quantitative estimate of drug-likeness (QED) is 0.696. The predicted octanol–water partition coefficient (Wildman–Crippen LogP) is 4.67. The van der Waals surface area contributed by atoms with Crippen molar-refractivity contribution >= 4 is 43.2 Å². The third-order valence-corrected chi connectivity index (χ3v) is 4.97. The maximum Gasteiger partial charge on any atom is 0.0498 e. The van der Waals surface area contributed by atoms with Crippen LogP contribution in [0, 0.1) is 6.92 Å². The fourth-order valence-electron chi connectivity index (χ4n) is 0.900. The third-order valence-electron chi connectivity index (χ3n) is 1.48. The van der Waals surface area contributed by atoms with E-state index < -0.39 is 0 Å². The number of thiophene rings is 1. The Morgan fingerprint density at radius 3 is 2.64 bits per heavy atom. The standard InChI is InChI=1S/C8H10Br2S/c1-3-6(9)8-7(10)4-5(2)11-8/h4,6H,3H2,1-2H3. The van der Waals surface area contributed by atoms with Crippen LogP contribution in [-0.4, -0.2) is 0 Å². The van der Waals surface area contributed by atoms with Crippen molar-refractivity contribution < 1.29 is 0 Å². The Morgan fingerprint density at radius 2 is 2.27 bits per heavy atom. The molecule has 1 unspecified atom stereocenters. The molecule has 62 valence electrons. The lowest BCUT2D eigenvalue weighted by atomic mass is 10.3. The van der Waals surface area contributed by atoms with Gasteiger partial charge in [0.25, 0.3) is 0 Å². The van der Waals surface area contributed by atoms with E-state index in [9.17, 15) is 0 Å². The Labute approximate surface area is 88.3 Å². The van der Waals surface area contributed by atoms with Gasteiger partial charge in [-0.05, 0) is 35.3 Å². The zero-order valence-electron chi connectivity index (χ0n) is 6.53. The monoisotopic (exact) mass is 296 g/mol. The minimum absolute atomic E-state index is 0.510. The van der Waals surface area contributed by atoms with Gasteiger partial charge in [-0.3, -0.25) is 0 Å². The summed E-state index contributed by atoms with van der Waals surface area (Å²) in [5.74, 6) is 0. The van der Waals surface area contributed by atoms with Crippen LogP contribution in [0.25, 0.3) is 0 Å². The Balaban J connectivity index is 2.93. The Kier molecular flexibility index (Phi) is 3.59. The van der Waals surface area contributed by atoms with Gasteiger partial charge >= 0.3 is 0 Å². The zero-order chi connectivity index (χ0) is 8.43. The molecule has 1 aromatic rings. The first-order valence-corrected chi connectivity index (χ1v) is 6.07. The van der Waals surface area contributed by atoms with Gasteiger partial charge in [-0.25, -0.2) is 0 Å². The van der Waals surface area contributed by atoms with Gasteiger partial charge in [0.05, 0.1) is 0 Å². The molecule has 3 heteroatoms. The Bertz CT molecular complexity index is 242. The first-order valence-electron chi connectivity index (χ1n) is 3.55. The molecule has 0 aliphatic carbocycles. The van der Waals surface area contributed by atoms with Crippen LogP contribution >= 0.6 is 43.2 Å². The van der Waals surface area contributed by atoms with Crippen molar-refractivity contribution in [1.82, 2.24) is 0 Å². The van der Waals surface area contributed by atoms with E-state index >= 15 is 0 Å². The molecule has 0 spiro atoms. The normalized spacial score (nSPS) is 13.5. The van der Waals surface area contributed by atoms with Gasteiger partial charge in [0.15, 0.2) is 0 Å². The lowest BCUT2D eigenvalue weighted by molar-refractivity contribution is 0.925. The highest BCUT2D eigenvalue weighted by Crippen LogP contribution is 2.38. The summed E-state index contributed by atoms with van der Waals surface area (Å²) in [6, 6.07) is 2.17. The van der Waals surface area contributed by atoms with Gasteiger partial charge in [-0.1, -0.05) is 22.9 Å². The molecule has 11 heavy (non-hydrogen) atoms. The summed E-state index contributed by atoms with van der Waals surface area (Å²) in [6.45, 7) is 4.31. The minimum atomic E-state index is 0.510. The molecule has 1 atom stereocenters. The number of hydrogen-bond acceptors (Lipinski definition) is 1. The molecule has 1 aromatic heterocycles. The van der Waals surface area contributed by atoms with Gasteiger partial charge in [-0.2, -0.15) is 0 Å². The van der Waals surface area contributed by atoms with Gasteiger partial charge in [0, 0.05) is 19.1 Å². The highest BCUT2D eigenvalue weighted by molar-refractivity contribution is 9.11. The summed E-state index contributed by atoms with van der Waals surface area (Å²) in [5.41, 5.74) is 0. The van der Waals surface area contributed by atoms with Crippen LogP contribution in [0.1, 0.15) is 27.9 Å². The summed E-state index contributed by atoms with van der Waals surface area (Å²) < 4.78 is 1.24. The SMILES string of the molecule is CCC(Br)c1sc(C)cc1Br. The topological polar surface area (TPSA) is 0 Å². The Morgan fingerprint density at radius 1 is 1.64 bits per heavy atom. The van der Waals surface area contributed by atoms with Gasteiger partial charge < -0.3 is 0 Å². The van der Waals surface area contributed by atoms with Crippen molar-refractivity contribution in [1.29, 1.82) is 0 Å². The molecule has 0 aliphatic heterocycles. The van der Waals surface area contributed by atoms with Gasteiger partial charge in [-0.15, -0.1) is 11.3 Å². The number of aryl methyl sites for hydroxylation is 1. The number of rotatable bonds is 2. The second-order valence-electron chi connectivity index (χ2n) is 2.45. The van der Waals surface area contributed by atoms with E-state index in [0.717, 1.165) is 6.42 Å². The molecular weight excluding hydrogens is 288 g/mol. The second kappa shape index (κ2) is 4.06. The molecule has 0 saturated heterocycles. The molecule has 0 nitrogen and oxygen atoms in total. The number of halogens is 2. The van der Waals surface area contributed by atoms with Crippen LogP contribution in [0.5, 0.6) is 0 Å². The molecule has 0 aliphatic rings. The molecule has 0 bridgehead atoms.